The Kier molecular flexibility index (Phi) is 5.46. The Morgan fingerprint density at radius 1 is 1.12 bits per heavy atom. The molecule has 0 radical (unpaired) electrons. The van der Waals surface area contributed by atoms with E-state index in [9.17, 15) is 9.59 Å². The van der Waals surface area contributed by atoms with Gasteiger partial charge in [0.1, 0.15) is 0 Å². The maximum atomic E-state index is 12.4. The molecule has 1 aliphatic heterocycles. The molecule has 25 heavy (non-hydrogen) atoms. The van der Waals surface area contributed by atoms with Gasteiger partial charge in [0.25, 0.3) is 0 Å². The summed E-state index contributed by atoms with van der Waals surface area (Å²) in [5.41, 5.74) is 3.51. The first kappa shape index (κ1) is 17.2. The van der Waals surface area contributed by atoms with Crippen molar-refractivity contribution in [3.63, 3.8) is 0 Å². The molecule has 1 amide bonds. The normalized spacial score (nSPS) is 12.9. The van der Waals surface area contributed by atoms with Gasteiger partial charge in [-0.25, -0.2) is 4.79 Å². The van der Waals surface area contributed by atoms with Crippen molar-refractivity contribution in [3.8, 4) is 0 Å². The number of aromatic carboxylic acids is 1. The molecule has 2 aromatic rings. The molecule has 5 nitrogen and oxygen atoms in total. The first-order valence-electron chi connectivity index (χ1n) is 8.56. The Morgan fingerprint density at radius 2 is 1.96 bits per heavy atom. The molecule has 0 saturated heterocycles. The zero-order chi connectivity index (χ0) is 17.6. The summed E-state index contributed by atoms with van der Waals surface area (Å²) in [5.74, 6) is -0.752. The zero-order valence-corrected chi connectivity index (χ0v) is 14.1. The molecule has 0 atom stereocenters. The number of amides is 1. The number of carbonyl (C=O) groups is 2. The maximum absolute atomic E-state index is 12.4. The molecule has 0 unspecified atom stereocenters. The van der Waals surface area contributed by atoms with E-state index in [1.807, 2.05) is 29.2 Å². The number of nitrogens with zero attached hydrogens (tertiary/aromatic N) is 1. The van der Waals surface area contributed by atoms with Crippen molar-refractivity contribution in [1.82, 2.24) is 5.32 Å². The molecule has 0 bridgehead atoms. The summed E-state index contributed by atoms with van der Waals surface area (Å²) in [6.07, 6.45) is 2.20. The first-order valence-corrected chi connectivity index (χ1v) is 8.56. The molecule has 0 fully saturated rings. The van der Waals surface area contributed by atoms with Gasteiger partial charge < -0.3 is 15.3 Å². The average molecular weight is 338 g/mol. The lowest BCUT2D eigenvalue weighted by Gasteiger charge is -2.17. The molecular formula is C20H22N2O3. The number of benzene rings is 2. The lowest BCUT2D eigenvalue weighted by Crippen LogP contribution is -2.29. The van der Waals surface area contributed by atoms with Crippen molar-refractivity contribution in [1.29, 1.82) is 0 Å². The fourth-order valence-corrected chi connectivity index (χ4v) is 3.14. The summed E-state index contributed by atoms with van der Waals surface area (Å²) in [4.78, 5) is 25.2. The van der Waals surface area contributed by atoms with Crippen LogP contribution < -0.4 is 10.2 Å². The van der Waals surface area contributed by atoms with Gasteiger partial charge in [-0.3, -0.25) is 4.79 Å². The second kappa shape index (κ2) is 7.94. The number of nitrogens with one attached hydrogen (secondary N) is 1. The summed E-state index contributed by atoms with van der Waals surface area (Å²) in [7, 11) is 0. The number of carboxylic acid groups (broad SMARTS) is 1. The molecular weight excluding hydrogens is 316 g/mol. The van der Waals surface area contributed by atoms with E-state index in [0.29, 0.717) is 18.5 Å². The summed E-state index contributed by atoms with van der Waals surface area (Å²) >= 11 is 0. The highest BCUT2D eigenvalue weighted by atomic mass is 16.4. The average Bonchev–Trinajstić information content (AvgIpc) is 3.05. The maximum Gasteiger partial charge on any atom is 0.335 e. The van der Waals surface area contributed by atoms with Crippen LogP contribution >= 0.6 is 0 Å². The minimum Gasteiger partial charge on any atom is -0.478 e. The largest absolute Gasteiger partial charge is 0.478 e. The topological polar surface area (TPSA) is 69.6 Å². The number of rotatable bonds is 7. The minimum atomic E-state index is -0.918. The second-order valence-corrected chi connectivity index (χ2v) is 6.21. The number of hydrogen-bond acceptors (Lipinski definition) is 3. The van der Waals surface area contributed by atoms with E-state index in [-0.39, 0.29) is 5.91 Å². The van der Waals surface area contributed by atoms with Gasteiger partial charge in [0.2, 0.25) is 5.91 Å². The van der Waals surface area contributed by atoms with Crippen molar-refractivity contribution in [3.05, 3.63) is 65.2 Å². The van der Waals surface area contributed by atoms with E-state index in [0.717, 1.165) is 37.2 Å². The Bertz CT molecular complexity index is 773. The van der Waals surface area contributed by atoms with Crippen molar-refractivity contribution in [2.24, 2.45) is 0 Å². The highest BCUT2D eigenvalue weighted by Gasteiger charge is 2.23. The number of carbonyl (C=O) groups excluding carboxylic acids is 1. The van der Waals surface area contributed by atoms with Crippen LogP contribution in [0.1, 0.15) is 34.3 Å². The van der Waals surface area contributed by atoms with Gasteiger partial charge in [-0.1, -0.05) is 30.3 Å². The Morgan fingerprint density at radius 3 is 2.80 bits per heavy atom. The van der Waals surface area contributed by atoms with Crippen LogP contribution in [0.3, 0.4) is 0 Å². The lowest BCUT2D eigenvalue weighted by atomic mass is 10.1. The van der Waals surface area contributed by atoms with Crippen LogP contribution in [0.15, 0.2) is 48.5 Å². The van der Waals surface area contributed by atoms with Crippen molar-refractivity contribution in [2.75, 3.05) is 18.0 Å². The van der Waals surface area contributed by atoms with Crippen LogP contribution in [0.4, 0.5) is 5.69 Å². The van der Waals surface area contributed by atoms with Crippen molar-refractivity contribution in [2.45, 2.75) is 25.8 Å². The number of para-hydroxylation sites is 1. The summed E-state index contributed by atoms with van der Waals surface area (Å²) < 4.78 is 0. The van der Waals surface area contributed by atoms with Gasteiger partial charge in [0.15, 0.2) is 0 Å². The summed E-state index contributed by atoms with van der Waals surface area (Å²) in [5, 5.41) is 12.3. The smallest absolute Gasteiger partial charge is 0.335 e. The summed E-state index contributed by atoms with van der Waals surface area (Å²) in [6, 6.07) is 15.0. The Hall–Kier alpha value is -2.66. The molecule has 2 N–H and O–H groups in total. The predicted molar refractivity (Wildman–Crippen MR) is 96.8 cm³/mol. The Labute approximate surface area is 147 Å². The van der Waals surface area contributed by atoms with Gasteiger partial charge >= 0.3 is 5.97 Å². The Balaban J connectivity index is 1.41. The fourth-order valence-electron chi connectivity index (χ4n) is 3.14. The number of hydrogen-bond donors (Lipinski definition) is 2. The minimum absolute atomic E-state index is 0.166. The van der Waals surface area contributed by atoms with Crippen LogP contribution in [-0.2, 0) is 17.8 Å². The van der Waals surface area contributed by atoms with Gasteiger partial charge in [-0.05, 0) is 48.7 Å². The van der Waals surface area contributed by atoms with Crippen molar-refractivity contribution >= 4 is 17.6 Å². The molecule has 0 spiro atoms. The third-order valence-electron chi connectivity index (χ3n) is 4.44. The number of anilines is 1. The van der Waals surface area contributed by atoms with Gasteiger partial charge in [0, 0.05) is 25.2 Å². The predicted octanol–water partition coefficient (Wildman–Crippen LogP) is 2.84. The molecule has 0 aromatic heterocycles. The number of carboxylic acids is 1. The van der Waals surface area contributed by atoms with E-state index in [2.05, 4.69) is 11.4 Å². The van der Waals surface area contributed by atoms with Crippen LogP contribution in [0, 0.1) is 0 Å². The molecule has 3 rings (SSSR count). The molecule has 0 saturated carbocycles. The van der Waals surface area contributed by atoms with E-state index < -0.39 is 5.97 Å². The van der Waals surface area contributed by atoms with Gasteiger partial charge in [-0.15, -0.1) is 0 Å². The monoisotopic (exact) mass is 338 g/mol. The third kappa shape index (κ3) is 4.25. The van der Waals surface area contributed by atoms with Crippen LogP contribution in [0.5, 0.6) is 0 Å². The van der Waals surface area contributed by atoms with Crippen molar-refractivity contribution < 1.29 is 14.7 Å². The van der Waals surface area contributed by atoms with E-state index in [1.165, 1.54) is 5.56 Å². The highest BCUT2D eigenvalue weighted by Crippen LogP contribution is 2.27. The SMILES string of the molecule is O=C(O)c1cccc(CNCCCC(=O)N2CCc3ccccc32)c1. The van der Waals surface area contributed by atoms with Crippen LogP contribution in [0.2, 0.25) is 0 Å². The third-order valence-corrected chi connectivity index (χ3v) is 4.44. The fraction of sp³-hybridized carbons (Fsp3) is 0.300. The molecule has 2 aromatic carbocycles. The van der Waals surface area contributed by atoms with Crippen LogP contribution in [0.25, 0.3) is 0 Å². The molecule has 5 heteroatoms. The zero-order valence-electron chi connectivity index (χ0n) is 14.1. The lowest BCUT2D eigenvalue weighted by molar-refractivity contribution is -0.118. The van der Waals surface area contributed by atoms with E-state index >= 15 is 0 Å². The van der Waals surface area contributed by atoms with Gasteiger partial charge in [-0.2, -0.15) is 0 Å². The second-order valence-electron chi connectivity index (χ2n) is 6.21. The molecule has 1 heterocycles. The summed E-state index contributed by atoms with van der Waals surface area (Å²) in [6.45, 7) is 2.09. The standard InChI is InChI=1S/C20H22N2O3/c23-19(22-12-10-16-6-1-2-8-18(16)22)9-4-11-21-14-15-5-3-7-17(13-15)20(24)25/h1-3,5-8,13,21H,4,9-12,14H2,(H,24,25). The van der Waals surface area contributed by atoms with Gasteiger partial charge in [0.05, 0.1) is 5.56 Å². The van der Waals surface area contributed by atoms with E-state index in [4.69, 9.17) is 5.11 Å². The van der Waals surface area contributed by atoms with E-state index in [1.54, 1.807) is 18.2 Å². The first-order chi connectivity index (χ1) is 12.1. The molecule has 0 aliphatic carbocycles. The highest BCUT2D eigenvalue weighted by molar-refractivity contribution is 5.95. The molecule has 1 aliphatic rings. The van der Waals surface area contributed by atoms with Crippen LogP contribution in [-0.4, -0.2) is 30.1 Å². The number of fused-ring (bicyclic) bond motifs is 1. The quantitative estimate of drug-likeness (QED) is 0.762. The molecule has 130 valence electrons.